The monoisotopic (exact) mass is 230 g/mol. The van der Waals surface area contributed by atoms with Gasteiger partial charge in [0.25, 0.3) is 0 Å². The number of aromatic nitrogens is 1. The van der Waals surface area contributed by atoms with Gasteiger partial charge in [0.15, 0.2) is 5.78 Å². The van der Waals surface area contributed by atoms with Crippen LogP contribution in [0.15, 0.2) is 24.4 Å². The molecule has 1 aromatic heterocycles. The van der Waals surface area contributed by atoms with E-state index in [-0.39, 0.29) is 17.6 Å². The van der Waals surface area contributed by atoms with E-state index in [1.165, 1.54) is 0 Å². The first-order chi connectivity index (χ1) is 8.27. The van der Waals surface area contributed by atoms with Gasteiger partial charge < -0.3 is 15.4 Å². The molecule has 0 radical (unpaired) electrons. The van der Waals surface area contributed by atoms with E-state index in [0.717, 1.165) is 24.9 Å². The maximum Gasteiger partial charge on any atom is 0.182 e. The number of nitrogens with one attached hydrogen (secondary N) is 2. The summed E-state index contributed by atoms with van der Waals surface area (Å²) in [6.07, 6.45) is 3.59. The minimum atomic E-state index is -0.103. The summed E-state index contributed by atoms with van der Waals surface area (Å²) in [5.41, 5.74) is 1.38. The van der Waals surface area contributed by atoms with Crippen molar-refractivity contribution in [1.29, 1.82) is 0 Å². The summed E-state index contributed by atoms with van der Waals surface area (Å²) in [6.45, 7) is 0.894. The Morgan fingerprint density at radius 3 is 3.06 bits per heavy atom. The summed E-state index contributed by atoms with van der Waals surface area (Å²) in [6, 6.07) is 5.12. The molecule has 0 aliphatic carbocycles. The highest BCUT2D eigenvalue weighted by Gasteiger charge is 2.25. The number of benzene rings is 1. The topological polar surface area (TPSA) is 65.1 Å². The Morgan fingerprint density at radius 2 is 2.29 bits per heavy atom. The molecule has 4 nitrogen and oxygen atoms in total. The zero-order valence-corrected chi connectivity index (χ0v) is 9.36. The number of hydrogen-bond acceptors (Lipinski definition) is 3. The third-order valence-electron chi connectivity index (χ3n) is 3.33. The fourth-order valence-corrected chi connectivity index (χ4v) is 2.46. The minimum absolute atomic E-state index is 0.0650. The van der Waals surface area contributed by atoms with Gasteiger partial charge in [0.2, 0.25) is 0 Å². The Balaban J connectivity index is 2.08. The molecule has 0 amide bonds. The van der Waals surface area contributed by atoms with Gasteiger partial charge >= 0.3 is 0 Å². The number of aromatic amines is 1. The molecule has 2 aromatic rings. The van der Waals surface area contributed by atoms with Crippen LogP contribution in [-0.2, 0) is 0 Å². The van der Waals surface area contributed by atoms with E-state index in [1.54, 1.807) is 18.3 Å². The minimum Gasteiger partial charge on any atom is -0.507 e. The number of hydrogen-bond donors (Lipinski definition) is 3. The highest BCUT2D eigenvalue weighted by molar-refractivity contribution is 6.12. The Hall–Kier alpha value is -1.81. The Kier molecular flexibility index (Phi) is 2.37. The summed E-state index contributed by atoms with van der Waals surface area (Å²) in [5.74, 6) is 0.223. The summed E-state index contributed by atoms with van der Waals surface area (Å²) >= 11 is 0. The zero-order valence-electron chi connectivity index (χ0n) is 9.36. The Bertz CT molecular complexity index is 568. The molecule has 4 heteroatoms. The van der Waals surface area contributed by atoms with E-state index in [1.807, 2.05) is 6.07 Å². The molecule has 3 N–H and O–H groups in total. The van der Waals surface area contributed by atoms with Gasteiger partial charge in [-0.1, -0.05) is 6.07 Å². The lowest BCUT2D eigenvalue weighted by molar-refractivity contribution is 0.0954. The van der Waals surface area contributed by atoms with Crippen molar-refractivity contribution in [2.75, 3.05) is 6.54 Å². The van der Waals surface area contributed by atoms with Crippen LogP contribution in [0.1, 0.15) is 23.2 Å². The number of carbonyl (C=O) groups excluding carboxylic acids is 1. The van der Waals surface area contributed by atoms with Crippen molar-refractivity contribution in [3.8, 4) is 5.75 Å². The predicted octanol–water partition coefficient (Wildman–Crippen LogP) is 1.81. The van der Waals surface area contributed by atoms with Gasteiger partial charge in [-0.2, -0.15) is 0 Å². The zero-order chi connectivity index (χ0) is 11.8. The fourth-order valence-electron chi connectivity index (χ4n) is 2.46. The van der Waals surface area contributed by atoms with Crippen molar-refractivity contribution in [3.05, 3.63) is 30.0 Å². The van der Waals surface area contributed by atoms with Crippen LogP contribution in [-0.4, -0.2) is 28.5 Å². The standard InChI is InChI=1S/C13H14N2O2/c16-11-5-1-3-9-12(11)8(7-15-9)13(17)10-4-2-6-14-10/h1,3,5,7,10,14-16H,2,4,6H2/t10-/m1/s1. The lowest BCUT2D eigenvalue weighted by Gasteiger charge is -2.08. The molecule has 17 heavy (non-hydrogen) atoms. The molecular formula is C13H14N2O2. The number of ketones is 1. The molecule has 1 aliphatic rings. The maximum atomic E-state index is 12.3. The lowest BCUT2D eigenvalue weighted by atomic mass is 10.0. The Morgan fingerprint density at radius 1 is 1.41 bits per heavy atom. The number of Topliss-reactive ketones (excluding diaryl/α,β-unsaturated/α-hetero) is 1. The van der Waals surface area contributed by atoms with Gasteiger partial charge in [0.05, 0.1) is 11.4 Å². The average Bonchev–Trinajstić information content (AvgIpc) is 2.98. The second kappa shape index (κ2) is 3.89. The first-order valence-corrected chi connectivity index (χ1v) is 5.84. The number of fused-ring (bicyclic) bond motifs is 1. The van der Waals surface area contributed by atoms with Gasteiger partial charge in [-0.25, -0.2) is 0 Å². The van der Waals surface area contributed by atoms with Crippen LogP contribution >= 0.6 is 0 Å². The van der Waals surface area contributed by atoms with E-state index in [0.29, 0.717) is 10.9 Å². The molecule has 0 spiro atoms. The molecule has 1 aromatic carbocycles. The van der Waals surface area contributed by atoms with Crippen molar-refractivity contribution >= 4 is 16.7 Å². The van der Waals surface area contributed by atoms with E-state index >= 15 is 0 Å². The number of H-pyrrole nitrogens is 1. The van der Waals surface area contributed by atoms with Crippen molar-refractivity contribution in [2.45, 2.75) is 18.9 Å². The first-order valence-electron chi connectivity index (χ1n) is 5.84. The van der Waals surface area contributed by atoms with Crippen LogP contribution in [0.25, 0.3) is 10.9 Å². The summed E-state index contributed by atoms with van der Waals surface area (Å²) in [4.78, 5) is 15.3. The number of aromatic hydroxyl groups is 1. The largest absolute Gasteiger partial charge is 0.507 e. The van der Waals surface area contributed by atoms with Gasteiger partial charge in [-0.05, 0) is 31.5 Å². The highest BCUT2D eigenvalue weighted by Crippen LogP contribution is 2.29. The number of carbonyl (C=O) groups is 1. The van der Waals surface area contributed by atoms with Gasteiger partial charge in [-0.15, -0.1) is 0 Å². The number of rotatable bonds is 2. The Labute approximate surface area is 98.6 Å². The third kappa shape index (κ3) is 1.61. The van der Waals surface area contributed by atoms with Gasteiger partial charge in [0.1, 0.15) is 5.75 Å². The molecule has 1 aliphatic heterocycles. The second-order valence-electron chi connectivity index (χ2n) is 4.42. The van der Waals surface area contributed by atoms with E-state index in [9.17, 15) is 9.90 Å². The van der Waals surface area contributed by atoms with Crippen molar-refractivity contribution < 1.29 is 9.90 Å². The van der Waals surface area contributed by atoms with E-state index < -0.39 is 0 Å². The summed E-state index contributed by atoms with van der Waals surface area (Å²) < 4.78 is 0. The molecule has 2 heterocycles. The van der Waals surface area contributed by atoms with Gasteiger partial charge in [-0.3, -0.25) is 4.79 Å². The van der Waals surface area contributed by atoms with E-state index in [4.69, 9.17) is 0 Å². The quantitative estimate of drug-likeness (QED) is 0.689. The average molecular weight is 230 g/mol. The lowest BCUT2D eigenvalue weighted by Crippen LogP contribution is -2.30. The third-order valence-corrected chi connectivity index (χ3v) is 3.33. The second-order valence-corrected chi connectivity index (χ2v) is 4.42. The van der Waals surface area contributed by atoms with Crippen LogP contribution in [0.4, 0.5) is 0 Å². The summed E-state index contributed by atoms with van der Waals surface area (Å²) in [7, 11) is 0. The smallest absolute Gasteiger partial charge is 0.182 e. The molecule has 0 unspecified atom stereocenters. The van der Waals surface area contributed by atoms with Crippen LogP contribution in [0, 0.1) is 0 Å². The van der Waals surface area contributed by atoms with Crippen LogP contribution in [0.2, 0.25) is 0 Å². The number of phenolic OH excluding ortho intramolecular Hbond substituents is 1. The van der Waals surface area contributed by atoms with Crippen LogP contribution < -0.4 is 5.32 Å². The molecule has 1 fully saturated rings. The normalized spacial score (nSPS) is 19.9. The predicted molar refractivity (Wildman–Crippen MR) is 65.3 cm³/mol. The molecule has 1 atom stereocenters. The molecule has 1 saturated heterocycles. The van der Waals surface area contributed by atoms with Crippen LogP contribution in [0.5, 0.6) is 5.75 Å². The molecule has 0 saturated carbocycles. The molecular weight excluding hydrogens is 216 g/mol. The van der Waals surface area contributed by atoms with E-state index in [2.05, 4.69) is 10.3 Å². The van der Waals surface area contributed by atoms with Crippen LogP contribution in [0.3, 0.4) is 0 Å². The fraction of sp³-hybridized carbons (Fsp3) is 0.308. The molecule has 0 bridgehead atoms. The molecule has 88 valence electrons. The summed E-state index contributed by atoms with van der Waals surface area (Å²) in [5, 5.41) is 13.7. The first kappa shape index (κ1) is 10.4. The van der Waals surface area contributed by atoms with Gasteiger partial charge in [0, 0.05) is 17.3 Å². The van der Waals surface area contributed by atoms with Crippen molar-refractivity contribution in [2.24, 2.45) is 0 Å². The van der Waals surface area contributed by atoms with Crippen molar-refractivity contribution in [3.63, 3.8) is 0 Å². The maximum absolute atomic E-state index is 12.3. The number of phenols is 1. The highest BCUT2D eigenvalue weighted by atomic mass is 16.3. The molecule has 3 rings (SSSR count). The SMILES string of the molecule is O=C(c1c[nH]c2cccc(O)c12)[C@H]1CCCN1. The van der Waals surface area contributed by atoms with Crippen molar-refractivity contribution in [1.82, 2.24) is 10.3 Å².